The monoisotopic (exact) mass is 303 g/mol. The van der Waals surface area contributed by atoms with E-state index in [2.05, 4.69) is 5.32 Å². The zero-order valence-corrected chi connectivity index (χ0v) is 12.4. The summed E-state index contributed by atoms with van der Waals surface area (Å²) < 4.78 is 4.94. The van der Waals surface area contributed by atoms with Crippen LogP contribution in [0.15, 0.2) is 47.2 Å². The Hall–Kier alpha value is -2.14. The maximum absolute atomic E-state index is 11.6. The molecule has 2 aromatic rings. The molecule has 0 atom stereocenters. The Kier molecular flexibility index (Phi) is 5.97. The number of aryl methyl sites for hydroxylation is 1. The zero-order valence-electron chi connectivity index (χ0n) is 11.6. The lowest BCUT2D eigenvalue weighted by molar-refractivity contribution is -0.148. The van der Waals surface area contributed by atoms with Crippen LogP contribution >= 0.6 is 11.3 Å². The van der Waals surface area contributed by atoms with E-state index in [-0.39, 0.29) is 18.5 Å². The second kappa shape index (κ2) is 8.21. The number of hydrogen-bond acceptors (Lipinski definition) is 4. The summed E-state index contributed by atoms with van der Waals surface area (Å²) in [6.45, 7) is 0.210. The first-order valence-electron chi connectivity index (χ1n) is 6.71. The van der Waals surface area contributed by atoms with Crippen LogP contribution < -0.4 is 5.32 Å². The van der Waals surface area contributed by atoms with Crippen LogP contribution in [0.1, 0.15) is 17.5 Å². The first kappa shape index (κ1) is 15.3. The van der Waals surface area contributed by atoms with E-state index in [1.165, 1.54) is 0 Å². The molecule has 0 spiro atoms. The van der Waals surface area contributed by atoms with Crippen molar-refractivity contribution in [1.29, 1.82) is 0 Å². The third-order valence-corrected chi connectivity index (χ3v) is 3.63. The van der Waals surface area contributed by atoms with Crippen LogP contribution in [-0.2, 0) is 27.3 Å². The van der Waals surface area contributed by atoms with Crippen molar-refractivity contribution < 1.29 is 14.3 Å². The lowest BCUT2D eigenvalue weighted by atomic mass is 10.2. The van der Waals surface area contributed by atoms with Crippen molar-refractivity contribution in [3.63, 3.8) is 0 Å². The maximum Gasteiger partial charge on any atom is 0.306 e. The van der Waals surface area contributed by atoms with E-state index in [0.29, 0.717) is 19.4 Å². The Bertz CT molecular complexity index is 566. The van der Waals surface area contributed by atoms with Gasteiger partial charge in [0.2, 0.25) is 0 Å². The summed E-state index contributed by atoms with van der Waals surface area (Å²) in [6.07, 6.45) is 0.941. The molecule has 1 aromatic heterocycles. The summed E-state index contributed by atoms with van der Waals surface area (Å²) in [5, 5.41) is 6.68. The summed E-state index contributed by atoms with van der Waals surface area (Å²) in [4.78, 5) is 23.1. The average molecular weight is 303 g/mol. The topological polar surface area (TPSA) is 55.4 Å². The van der Waals surface area contributed by atoms with Crippen LogP contribution in [0.3, 0.4) is 0 Å². The summed E-state index contributed by atoms with van der Waals surface area (Å²) >= 11 is 1.60. The highest BCUT2D eigenvalue weighted by atomic mass is 32.1. The molecule has 0 unspecified atom stereocenters. The number of hydrogen-bond donors (Lipinski definition) is 1. The predicted molar refractivity (Wildman–Crippen MR) is 81.9 cm³/mol. The Balaban J connectivity index is 1.61. The van der Waals surface area contributed by atoms with Gasteiger partial charge in [0, 0.05) is 13.0 Å². The van der Waals surface area contributed by atoms with Crippen LogP contribution in [0.25, 0.3) is 0 Å². The van der Waals surface area contributed by atoms with Gasteiger partial charge in [-0.3, -0.25) is 9.59 Å². The molecule has 21 heavy (non-hydrogen) atoms. The normalized spacial score (nSPS) is 10.1. The van der Waals surface area contributed by atoms with Crippen molar-refractivity contribution in [2.75, 3.05) is 6.61 Å². The number of amides is 1. The fourth-order valence-electron chi connectivity index (χ4n) is 1.75. The molecule has 0 saturated heterocycles. The minimum Gasteiger partial charge on any atom is -0.456 e. The highest BCUT2D eigenvalue weighted by molar-refractivity contribution is 7.07. The smallest absolute Gasteiger partial charge is 0.306 e. The van der Waals surface area contributed by atoms with Gasteiger partial charge in [0.1, 0.15) is 0 Å². The second-order valence-corrected chi connectivity index (χ2v) is 5.33. The van der Waals surface area contributed by atoms with Gasteiger partial charge in [-0.1, -0.05) is 30.3 Å². The lowest BCUT2D eigenvalue weighted by Crippen LogP contribution is -2.28. The van der Waals surface area contributed by atoms with E-state index in [0.717, 1.165) is 11.1 Å². The van der Waals surface area contributed by atoms with Gasteiger partial charge in [0.15, 0.2) is 6.61 Å². The van der Waals surface area contributed by atoms with Crippen molar-refractivity contribution >= 4 is 23.2 Å². The molecule has 2 rings (SSSR count). The van der Waals surface area contributed by atoms with Gasteiger partial charge < -0.3 is 10.1 Å². The van der Waals surface area contributed by atoms with E-state index in [4.69, 9.17) is 4.74 Å². The van der Waals surface area contributed by atoms with Gasteiger partial charge in [-0.2, -0.15) is 11.3 Å². The van der Waals surface area contributed by atoms with Crippen molar-refractivity contribution in [2.24, 2.45) is 0 Å². The van der Waals surface area contributed by atoms with Crippen LogP contribution in [-0.4, -0.2) is 18.5 Å². The van der Waals surface area contributed by atoms with Gasteiger partial charge in [-0.25, -0.2) is 0 Å². The SMILES string of the molecule is O=C(COC(=O)CCc1ccsc1)NCc1ccccc1. The molecule has 1 N–H and O–H groups in total. The number of carbonyl (C=O) groups excluding carboxylic acids is 2. The minimum absolute atomic E-state index is 0.227. The number of rotatable bonds is 7. The van der Waals surface area contributed by atoms with Crippen LogP contribution in [0, 0.1) is 0 Å². The highest BCUT2D eigenvalue weighted by Gasteiger charge is 2.07. The molecule has 0 radical (unpaired) electrons. The van der Waals surface area contributed by atoms with Crippen LogP contribution in [0.4, 0.5) is 0 Å². The molecule has 110 valence electrons. The number of ether oxygens (including phenoxy) is 1. The van der Waals surface area contributed by atoms with Crippen LogP contribution in [0.5, 0.6) is 0 Å². The van der Waals surface area contributed by atoms with Crippen molar-refractivity contribution in [3.05, 3.63) is 58.3 Å². The largest absolute Gasteiger partial charge is 0.456 e. The zero-order chi connectivity index (χ0) is 14.9. The fraction of sp³-hybridized carbons (Fsp3) is 0.250. The van der Waals surface area contributed by atoms with Gasteiger partial charge in [-0.05, 0) is 34.4 Å². The van der Waals surface area contributed by atoms with Gasteiger partial charge >= 0.3 is 5.97 Å². The number of esters is 1. The Morgan fingerprint density at radius 2 is 1.90 bits per heavy atom. The molecule has 5 heteroatoms. The fourth-order valence-corrected chi connectivity index (χ4v) is 2.45. The molecule has 1 amide bonds. The van der Waals surface area contributed by atoms with Gasteiger partial charge in [-0.15, -0.1) is 0 Å². The van der Waals surface area contributed by atoms with E-state index < -0.39 is 0 Å². The quantitative estimate of drug-likeness (QED) is 0.800. The lowest BCUT2D eigenvalue weighted by Gasteiger charge is -2.06. The molecular formula is C16H17NO3S. The third kappa shape index (κ3) is 5.79. The van der Waals surface area contributed by atoms with E-state index in [1.54, 1.807) is 11.3 Å². The first-order valence-corrected chi connectivity index (χ1v) is 7.65. The number of benzene rings is 1. The van der Waals surface area contributed by atoms with Crippen molar-refractivity contribution in [1.82, 2.24) is 5.32 Å². The van der Waals surface area contributed by atoms with Crippen LogP contribution in [0.2, 0.25) is 0 Å². The number of thiophene rings is 1. The molecule has 4 nitrogen and oxygen atoms in total. The molecule has 0 aliphatic rings. The number of carbonyl (C=O) groups is 2. The van der Waals surface area contributed by atoms with Gasteiger partial charge in [0.05, 0.1) is 0 Å². The van der Waals surface area contributed by atoms with E-state index in [9.17, 15) is 9.59 Å². The Morgan fingerprint density at radius 1 is 1.10 bits per heavy atom. The number of nitrogens with one attached hydrogen (secondary N) is 1. The Morgan fingerprint density at radius 3 is 2.62 bits per heavy atom. The third-order valence-electron chi connectivity index (χ3n) is 2.89. The molecule has 0 fully saturated rings. The van der Waals surface area contributed by atoms with Gasteiger partial charge in [0.25, 0.3) is 5.91 Å². The van der Waals surface area contributed by atoms with Crippen molar-refractivity contribution in [2.45, 2.75) is 19.4 Å². The van der Waals surface area contributed by atoms with Crippen molar-refractivity contribution in [3.8, 4) is 0 Å². The van der Waals surface area contributed by atoms with E-state index in [1.807, 2.05) is 47.2 Å². The summed E-state index contributed by atoms with van der Waals surface area (Å²) in [5.41, 5.74) is 2.13. The Labute approximate surface area is 127 Å². The molecule has 1 aromatic carbocycles. The van der Waals surface area contributed by atoms with E-state index >= 15 is 0 Å². The summed E-state index contributed by atoms with van der Waals surface area (Å²) in [6, 6.07) is 11.6. The average Bonchev–Trinajstić information content (AvgIpc) is 3.03. The highest BCUT2D eigenvalue weighted by Crippen LogP contribution is 2.08. The first-order chi connectivity index (χ1) is 10.2. The molecular weight excluding hydrogens is 286 g/mol. The minimum atomic E-state index is -0.351. The molecule has 0 bridgehead atoms. The molecule has 1 heterocycles. The predicted octanol–water partition coefficient (Wildman–Crippen LogP) is 2.54. The summed E-state index contributed by atoms with van der Waals surface area (Å²) in [5.74, 6) is -0.640. The maximum atomic E-state index is 11.6. The molecule has 0 aliphatic carbocycles. The summed E-state index contributed by atoms with van der Waals surface area (Å²) in [7, 11) is 0. The standard InChI is InChI=1S/C16H17NO3S/c18-15(17-10-13-4-2-1-3-5-13)11-20-16(19)7-6-14-8-9-21-12-14/h1-5,8-9,12H,6-7,10-11H2,(H,17,18). The second-order valence-electron chi connectivity index (χ2n) is 4.55. The molecule has 0 saturated carbocycles. The molecule has 0 aliphatic heterocycles.